The second kappa shape index (κ2) is 8.19. The quantitative estimate of drug-likeness (QED) is 0.583. The first kappa shape index (κ1) is 20.0. The molecule has 0 N–H and O–H groups in total. The maximum Gasteiger partial charge on any atom is 0.307 e. The number of fused-ring (bicyclic) bond motifs is 2. The molecule has 9 heteroatoms. The van der Waals surface area contributed by atoms with Crippen LogP contribution >= 0.6 is 11.3 Å². The van der Waals surface area contributed by atoms with Crippen LogP contribution in [0, 0.1) is 0 Å². The fourth-order valence-electron chi connectivity index (χ4n) is 3.12. The molecule has 0 fully saturated rings. The number of esters is 1. The Morgan fingerprint density at radius 3 is 2.53 bits per heavy atom. The highest BCUT2D eigenvalue weighted by Crippen LogP contribution is 2.37. The smallest absolute Gasteiger partial charge is 0.307 e. The van der Waals surface area contributed by atoms with Crippen LogP contribution in [0.3, 0.4) is 0 Å². The van der Waals surface area contributed by atoms with Gasteiger partial charge < -0.3 is 23.7 Å². The molecule has 156 valence electrons. The number of aryl methyl sites for hydroxylation is 1. The number of hydrogen-bond donors (Lipinski definition) is 0. The molecule has 2 aromatic carbocycles. The second-order valence-corrected chi connectivity index (χ2v) is 7.90. The number of nitrogens with zero attached hydrogens (tertiary/aromatic N) is 3. The molecule has 4 rings (SSSR count). The number of benzene rings is 2. The van der Waals surface area contributed by atoms with Gasteiger partial charge in [-0.25, -0.2) is 0 Å². The van der Waals surface area contributed by atoms with Gasteiger partial charge >= 0.3 is 5.97 Å². The van der Waals surface area contributed by atoms with Crippen LogP contribution in [-0.2, 0) is 16.1 Å². The van der Waals surface area contributed by atoms with Gasteiger partial charge in [-0.3, -0.25) is 9.59 Å². The van der Waals surface area contributed by atoms with Crippen molar-refractivity contribution in [2.24, 2.45) is 4.99 Å². The van der Waals surface area contributed by atoms with Gasteiger partial charge in [-0.2, -0.15) is 4.99 Å². The fraction of sp³-hybridized carbons (Fsp3) is 0.286. The third kappa shape index (κ3) is 3.88. The largest absolute Gasteiger partial charge is 0.469 e. The average molecular weight is 427 g/mol. The molecule has 0 aliphatic carbocycles. The van der Waals surface area contributed by atoms with Gasteiger partial charge in [0.15, 0.2) is 16.3 Å². The van der Waals surface area contributed by atoms with Crippen molar-refractivity contribution in [3.8, 4) is 11.5 Å². The summed E-state index contributed by atoms with van der Waals surface area (Å²) in [5.74, 6) is 0.600. The molecule has 0 spiro atoms. The maximum absolute atomic E-state index is 12.8. The van der Waals surface area contributed by atoms with Gasteiger partial charge in [0.2, 0.25) is 6.79 Å². The Kier molecular flexibility index (Phi) is 5.45. The molecular formula is C21H21N3O5S. The molecule has 8 nitrogen and oxygen atoms in total. The summed E-state index contributed by atoms with van der Waals surface area (Å²) in [6, 6.07) is 11.0. The minimum Gasteiger partial charge on any atom is -0.469 e. The monoisotopic (exact) mass is 427 g/mol. The van der Waals surface area contributed by atoms with E-state index in [0.29, 0.717) is 28.4 Å². The summed E-state index contributed by atoms with van der Waals surface area (Å²) in [4.78, 5) is 31.3. The maximum atomic E-state index is 12.8. The molecule has 1 amide bonds. The van der Waals surface area contributed by atoms with Gasteiger partial charge in [-0.05, 0) is 24.3 Å². The fourth-order valence-corrected chi connectivity index (χ4v) is 4.18. The lowest BCUT2D eigenvalue weighted by Gasteiger charge is -2.11. The average Bonchev–Trinajstić information content (AvgIpc) is 3.33. The van der Waals surface area contributed by atoms with Crippen molar-refractivity contribution < 1.29 is 23.8 Å². The summed E-state index contributed by atoms with van der Waals surface area (Å²) in [7, 11) is 5.23. The summed E-state index contributed by atoms with van der Waals surface area (Å²) in [6.45, 7) is 0.505. The van der Waals surface area contributed by atoms with E-state index in [4.69, 9.17) is 14.2 Å². The number of amides is 1. The van der Waals surface area contributed by atoms with Crippen LogP contribution in [-0.4, -0.2) is 44.4 Å². The lowest BCUT2D eigenvalue weighted by Crippen LogP contribution is -2.19. The van der Waals surface area contributed by atoms with Gasteiger partial charge in [0.25, 0.3) is 5.91 Å². The number of rotatable bonds is 5. The lowest BCUT2D eigenvalue weighted by molar-refractivity contribution is -0.140. The van der Waals surface area contributed by atoms with E-state index in [1.165, 1.54) is 18.4 Å². The van der Waals surface area contributed by atoms with E-state index in [1.807, 2.05) is 47.8 Å². The standard InChI is InChI=1S/C21H21N3O5S/c1-23(2)14-6-4-13(5-7-14)20(26)22-21-24(9-8-19(25)27-3)15-10-16-17(29-12-28-16)11-18(15)30-21/h4-7,10-11H,8-9,12H2,1-3H3. The molecule has 0 saturated heterocycles. The zero-order valence-corrected chi connectivity index (χ0v) is 17.7. The summed E-state index contributed by atoms with van der Waals surface area (Å²) in [5, 5.41) is 0. The van der Waals surface area contributed by atoms with Crippen molar-refractivity contribution in [1.29, 1.82) is 0 Å². The van der Waals surface area contributed by atoms with E-state index in [1.54, 1.807) is 12.1 Å². The first-order chi connectivity index (χ1) is 14.5. The summed E-state index contributed by atoms with van der Waals surface area (Å²) < 4.78 is 18.4. The van der Waals surface area contributed by atoms with E-state index >= 15 is 0 Å². The third-order valence-corrected chi connectivity index (χ3v) is 5.81. The van der Waals surface area contributed by atoms with Crippen LogP contribution in [0.15, 0.2) is 41.4 Å². The predicted molar refractivity (Wildman–Crippen MR) is 113 cm³/mol. The van der Waals surface area contributed by atoms with Crippen LogP contribution in [0.2, 0.25) is 0 Å². The molecule has 0 unspecified atom stereocenters. The van der Waals surface area contributed by atoms with E-state index in [0.717, 1.165) is 15.9 Å². The highest BCUT2D eigenvalue weighted by Gasteiger charge is 2.18. The van der Waals surface area contributed by atoms with Crippen molar-refractivity contribution in [2.75, 3.05) is 32.9 Å². The van der Waals surface area contributed by atoms with Crippen LogP contribution in [0.5, 0.6) is 11.5 Å². The molecule has 0 bridgehead atoms. The zero-order valence-electron chi connectivity index (χ0n) is 16.9. The molecule has 0 saturated carbocycles. The van der Waals surface area contributed by atoms with Crippen molar-refractivity contribution >= 4 is 39.1 Å². The van der Waals surface area contributed by atoms with Crippen molar-refractivity contribution in [3.63, 3.8) is 0 Å². The van der Waals surface area contributed by atoms with Gasteiger partial charge in [-0.1, -0.05) is 11.3 Å². The Hall–Kier alpha value is -3.33. The number of hydrogen-bond acceptors (Lipinski definition) is 7. The van der Waals surface area contributed by atoms with Crippen molar-refractivity contribution in [3.05, 3.63) is 46.8 Å². The Balaban J connectivity index is 1.76. The summed E-state index contributed by atoms with van der Waals surface area (Å²) >= 11 is 1.36. The van der Waals surface area contributed by atoms with Gasteiger partial charge in [0.1, 0.15) is 0 Å². The molecule has 3 aromatic rings. The van der Waals surface area contributed by atoms with Gasteiger partial charge in [-0.15, -0.1) is 0 Å². The zero-order chi connectivity index (χ0) is 21.3. The van der Waals surface area contributed by atoms with E-state index < -0.39 is 0 Å². The van der Waals surface area contributed by atoms with E-state index in [9.17, 15) is 9.59 Å². The highest BCUT2D eigenvalue weighted by atomic mass is 32.1. The second-order valence-electron chi connectivity index (χ2n) is 6.89. The number of thiazole rings is 1. The first-order valence-corrected chi connectivity index (χ1v) is 10.1. The minimum atomic E-state index is -0.348. The van der Waals surface area contributed by atoms with Crippen molar-refractivity contribution in [1.82, 2.24) is 4.57 Å². The number of carbonyl (C=O) groups is 2. The minimum absolute atomic E-state index is 0.162. The SMILES string of the molecule is COC(=O)CCn1c(=NC(=O)c2ccc(N(C)C)cc2)sc2cc3c(cc21)OCO3. The van der Waals surface area contributed by atoms with Gasteiger partial charge in [0.05, 0.1) is 23.7 Å². The molecule has 1 aliphatic heterocycles. The topological polar surface area (TPSA) is 82.4 Å². The lowest BCUT2D eigenvalue weighted by atomic mass is 10.2. The predicted octanol–water partition coefficient (Wildman–Crippen LogP) is 2.80. The number of methoxy groups -OCH3 is 1. The Labute approximate surface area is 176 Å². The molecule has 0 radical (unpaired) electrons. The Morgan fingerprint density at radius 1 is 1.17 bits per heavy atom. The molecule has 0 atom stereocenters. The third-order valence-electron chi connectivity index (χ3n) is 4.77. The number of anilines is 1. The molecule has 1 aliphatic rings. The molecule has 2 heterocycles. The van der Waals surface area contributed by atoms with E-state index in [-0.39, 0.29) is 25.1 Å². The summed E-state index contributed by atoms with van der Waals surface area (Å²) in [5.41, 5.74) is 2.31. The molecule has 30 heavy (non-hydrogen) atoms. The number of carbonyl (C=O) groups excluding carboxylic acids is 2. The van der Waals surface area contributed by atoms with Crippen LogP contribution < -0.4 is 19.2 Å². The Bertz CT molecular complexity index is 1180. The first-order valence-electron chi connectivity index (χ1n) is 9.32. The Morgan fingerprint density at radius 2 is 1.87 bits per heavy atom. The molecular weight excluding hydrogens is 406 g/mol. The summed E-state index contributed by atoms with van der Waals surface area (Å²) in [6.07, 6.45) is 0.162. The van der Waals surface area contributed by atoms with Gasteiger partial charge in [0, 0.05) is 44.0 Å². The van der Waals surface area contributed by atoms with Crippen LogP contribution in [0.25, 0.3) is 10.2 Å². The van der Waals surface area contributed by atoms with E-state index in [2.05, 4.69) is 4.99 Å². The van der Waals surface area contributed by atoms with Crippen LogP contribution in [0.4, 0.5) is 5.69 Å². The van der Waals surface area contributed by atoms with Crippen molar-refractivity contribution in [2.45, 2.75) is 13.0 Å². The number of ether oxygens (including phenoxy) is 3. The normalized spacial score (nSPS) is 13.0. The molecule has 1 aromatic heterocycles. The van der Waals surface area contributed by atoms with Crippen LogP contribution in [0.1, 0.15) is 16.8 Å². The number of aromatic nitrogens is 1. The highest BCUT2D eigenvalue weighted by molar-refractivity contribution is 7.16.